The van der Waals surface area contributed by atoms with Gasteiger partial charge in [0.2, 0.25) is 5.91 Å². The molecule has 1 aromatic rings. The molecule has 1 aliphatic heterocycles. The van der Waals surface area contributed by atoms with Crippen molar-refractivity contribution in [3.63, 3.8) is 0 Å². The number of carbonyl (C=O) groups is 1. The number of amides is 1. The summed E-state index contributed by atoms with van der Waals surface area (Å²) in [5.74, 6) is 1.21. The molecule has 1 aromatic carbocycles. The molecule has 2 rings (SSSR count). The second kappa shape index (κ2) is 5.54. The topological polar surface area (TPSA) is 20.3 Å². The van der Waals surface area contributed by atoms with Crippen molar-refractivity contribution in [1.29, 1.82) is 0 Å². The van der Waals surface area contributed by atoms with E-state index in [9.17, 15) is 4.79 Å². The molecule has 0 N–H and O–H groups in total. The van der Waals surface area contributed by atoms with Crippen LogP contribution >= 0.6 is 11.6 Å². The third-order valence-corrected chi connectivity index (χ3v) is 4.16. The Balaban J connectivity index is 2.39. The summed E-state index contributed by atoms with van der Waals surface area (Å²) in [6.45, 7) is 6.54. The van der Waals surface area contributed by atoms with E-state index in [-0.39, 0.29) is 11.4 Å². The molecule has 0 saturated heterocycles. The summed E-state index contributed by atoms with van der Waals surface area (Å²) in [6, 6.07) is 8.26. The molecule has 104 valence electrons. The van der Waals surface area contributed by atoms with Gasteiger partial charge in [0.1, 0.15) is 0 Å². The summed E-state index contributed by atoms with van der Waals surface area (Å²) in [5.41, 5.74) is 2.23. The van der Waals surface area contributed by atoms with Crippen molar-refractivity contribution in [2.45, 2.75) is 51.5 Å². The van der Waals surface area contributed by atoms with Gasteiger partial charge in [0.25, 0.3) is 0 Å². The minimum Gasteiger partial charge on any atom is -0.307 e. The number of carbonyl (C=O) groups excluding carboxylic acids is 1. The van der Waals surface area contributed by atoms with E-state index in [4.69, 9.17) is 11.6 Å². The molecule has 3 heteroatoms. The lowest BCUT2D eigenvalue weighted by atomic mass is 9.80. The Bertz CT molecular complexity index is 470. The predicted octanol–water partition coefficient (Wildman–Crippen LogP) is 4.32. The standard InChI is InChI=1S/C16H22ClNO/c1-12-11-16(2,3)18(15(19)9-6-10-17)14-8-5-4-7-13(12)14/h4-5,7-8,12H,6,9-11H2,1-3H3. The van der Waals surface area contributed by atoms with E-state index in [1.807, 2.05) is 11.0 Å². The molecule has 2 nitrogen and oxygen atoms in total. The van der Waals surface area contributed by atoms with Crippen LogP contribution in [-0.2, 0) is 4.79 Å². The van der Waals surface area contributed by atoms with Crippen molar-refractivity contribution >= 4 is 23.2 Å². The van der Waals surface area contributed by atoms with Crippen LogP contribution in [0.3, 0.4) is 0 Å². The minimum atomic E-state index is -0.128. The van der Waals surface area contributed by atoms with Gasteiger partial charge in [-0.1, -0.05) is 25.1 Å². The first-order valence-corrected chi connectivity index (χ1v) is 7.49. The zero-order valence-corrected chi connectivity index (χ0v) is 12.7. The first-order valence-electron chi connectivity index (χ1n) is 6.95. The maximum Gasteiger partial charge on any atom is 0.227 e. The Morgan fingerprint density at radius 1 is 1.42 bits per heavy atom. The monoisotopic (exact) mass is 279 g/mol. The normalized spacial score (nSPS) is 21.1. The van der Waals surface area contributed by atoms with E-state index in [0.29, 0.717) is 18.2 Å². The number of benzene rings is 1. The van der Waals surface area contributed by atoms with Crippen molar-refractivity contribution in [2.75, 3.05) is 10.8 Å². The molecule has 0 aliphatic carbocycles. The van der Waals surface area contributed by atoms with Gasteiger partial charge in [-0.2, -0.15) is 0 Å². The van der Waals surface area contributed by atoms with E-state index >= 15 is 0 Å². The van der Waals surface area contributed by atoms with E-state index in [1.54, 1.807) is 0 Å². The number of hydrogen-bond acceptors (Lipinski definition) is 1. The summed E-state index contributed by atoms with van der Waals surface area (Å²) < 4.78 is 0. The molecule has 0 radical (unpaired) electrons. The zero-order valence-electron chi connectivity index (χ0n) is 11.9. The van der Waals surface area contributed by atoms with Crippen LogP contribution in [0.15, 0.2) is 24.3 Å². The second-order valence-electron chi connectivity index (χ2n) is 6.00. The number of anilines is 1. The molecule has 0 spiro atoms. The van der Waals surface area contributed by atoms with Crippen molar-refractivity contribution in [3.05, 3.63) is 29.8 Å². The van der Waals surface area contributed by atoms with Crippen LogP contribution in [0.5, 0.6) is 0 Å². The zero-order chi connectivity index (χ0) is 14.0. The van der Waals surface area contributed by atoms with Crippen molar-refractivity contribution in [1.82, 2.24) is 0 Å². The van der Waals surface area contributed by atoms with E-state index < -0.39 is 0 Å². The van der Waals surface area contributed by atoms with Crippen LogP contribution in [0, 0.1) is 0 Å². The summed E-state index contributed by atoms with van der Waals surface area (Å²) >= 11 is 5.71. The number of halogens is 1. The lowest BCUT2D eigenvalue weighted by Gasteiger charge is -2.46. The number of rotatable bonds is 3. The first-order chi connectivity index (χ1) is 8.97. The highest BCUT2D eigenvalue weighted by atomic mass is 35.5. The van der Waals surface area contributed by atoms with Gasteiger partial charge in [-0.25, -0.2) is 0 Å². The Morgan fingerprint density at radius 2 is 2.11 bits per heavy atom. The molecule has 0 fully saturated rings. The largest absolute Gasteiger partial charge is 0.307 e. The van der Waals surface area contributed by atoms with Gasteiger partial charge in [0.15, 0.2) is 0 Å². The average Bonchev–Trinajstić information content (AvgIpc) is 2.35. The van der Waals surface area contributed by atoms with Crippen LogP contribution in [0.4, 0.5) is 5.69 Å². The molecule has 1 atom stereocenters. The fourth-order valence-electron chi connectivity index (χ4n) is 3.19. The van der Waals surface area contributed by atoms with E-state index in [0.717, 1.165) is 18.5 Å². The number of nitrogens with zero attached hydrogens (tertiary/aromatic N) is 1. The highest BCUT2D eigenvalue weighted by Crippen LogP contribution is 2.43. The van der Waals surface area contributed by atoms with Crippen LogP contribution < -0.4 is 4.90 Å². The molecule has 1 aliphatic rings. The Kier molecular flexibility index (Phi) is 4.19. The summed E-state index contributed by atoms with van der Waals surface area (Å²) in [6.07, 6.45) is 2.26. The number of alkyl halides is 1. The molecule has 1 unspecified atom stereocenters. The summed E-state index contributed by atoms with van der Waals surface area (Å²) in [4.78, 5) is 14.5. The smallest absolute Gasteiger partial charge is 0.227 e. The quantitative estimate of drug-likeness (QED) is 0.755. The highest BCUT2D eigenvalue weighted by Gasteiger charge is 2.39. The van der Waals surface area contributed by atoms with Gasteiger partial charge in [-0.15, -0.1) is 11.6 Å². The second-order valence-corrected chi connectivity index (χ2v) is 6.38. The molecule has 0 saturated carbocycles. The van der Waals surface area contributed by atoms with Crippen LogP contribution in [0.1, 0.15) is 51.5 Å². The molecule has 19 heavy (non-hydrogen) atoms. The van der Waals surface area contributed by atoms with Crippen molar-refractivity contribution in [3.8, 4) is 0 Å². The fourth-order valence-corrected chi connectivity index (χ4v) is 3.32. The van der Waals surface area contributed by atoms with E-state index in [2.05, 4.69) is 39.0 Å². The van der Waals surface area contributed by atoms with Gasteiger partial charge in [0.05, 0.1) is 0 Å². The van der Waals surface area contributed by atoms with Gasteiger partial charge >= 0.3 is 0 Å². The highest BCUT2D eigenvalue weighted by molar-refractivity contribution is 6.18. The number of para-hydroxylation sites is 1. The van der Waals surface area contributed by atoms with Gasteiger partial charge in [-0.05, 0) is 44.2 Å². The first kappa shape index (κ1) is 14.4. The minimum absolute atomic E-state index is 0.128. The maximum absolute atomic E-state index is 12.5. The number of fused-ring (bicyclic) bond motifs is 1. The third kappa shape index (κ3) is 2.79. The molecule has 1 amide bonds. The van der Waals surface area contributed by atoms with Crippen LogP contribution in [0.2, 0.25) is 0 Å². The van der Waals surface area contributed by atoms with Gasteiger partial charge < -0.3 is 4.90 Å². The average molecular weight is 280 g/mol. The predicted molar refractivity (Wildman–Crippen MR) is 81.0 cm³/mol. The SMILES string of the molecule is CC1CC(C)(C)N(C(=O)CCCCl)c2ccccc21. The van der Waals surface area contributed by atoms with Crippen molar-refractivity contribution < 1.29 is 4.79 Å². The summed E-state index contributed by atoms with van der Waals surface area (Å²) in [7, 11) is 0. The molecular weight excluding hydrogens is 258 g/mol. The Labute approximate surface area is 120 Å². The third-order valence-electron chi connectivity index (χ3n) is 3.89. The van der Waals surface area contributed by atoms with Crippen molar-refractivity contribution in [2.24, 2.45) is 0 Å². The van der Waals surface area contributed by atoms with Gasteiger partial charge in [0, 0.05) is 23.5 Å². The van der Waals surface area contributed by atoms with Crippen LogP contribution in [0.25, 0.3) is 0 Å². The summed E-state index contributed by atoms with van der Waals surface area (Å²) in [5, 5.41) is 0. The molecule has 0 aromatic heterocycles. The van der Waals surface area contributed by atoms with Crippen LogP contribution in [-0.4, -0.2) is 17.3 Å². The lowest BCUT2D eigenvalue weighted by Crippen LogP contribution is -2.51. The fraction of sp³-hybridized carbons (Fsp3) is 0.562. The molecular formula is C16H22ClNO. The molecule has 1 heterocycles. The van der Waals surface area contributed by atoms with E-state index in [1.165, 1.54) is 5.56 Å². The Morgan fingerprint density at radius 3 is 2.79 bits per heavy atom. The molecule has 0 bridgehead atoms. The maximum atomic E-state index is 12.5. The van der Waals surface area contributed by atoms with Gasteiger partial charge in [-0.3, -0.25) is 4.79 Å². The number of hydrogen-bond donors (Lipinski definition) is 0. The lowest BCUT2D eigenvalue weighted by molar-refractivity contribution is -0.119. The Hall–Kier alpha value is -1.02.